The van der Waals surface area contributed by atoms with Crippen LogP contribution < -0.4 is 17.0 Å². The van der Waals surface area contributed by atoms with Crippen molar-refractivity contribution in [1.82, 2.24) is 0 Å². The third-order valence-corrected chi connectivity index (χ3v) is 5.66. The smallest absolute Gasteiger partial charge is 1.00 e. The molecule has 0 fully saturated rings. The van der Waals surface area contributed by atoms with Crippen LogP contribution in [0.5, 0.6) is 0 Å². The first-order chi connectivity index (χ1) is 19.0. The van der Waals surface area contributed by atoms with Gasteiger partial charge in [0.25, 0.3) is 0 Å². The quantitative estimate of drug-likeness (QED) is 0.0966. The Morgan fingerprint density at radius 3 is 1.14 bits per heavy atom. The number of halogens is 5. The molecular formula is C34H33BrCl4CuLiMgO2. The summed E-state index contributed by atoms with van der Waals surface area (Å²) < 4.78 is 0. The molecule has 0 aliphatic heterocycles. The van der Waals surface area contributed by atoms with Gasteiger partial charge in [-0.3, -0.25) is 4.79 Å². The van der Waals surface area contributed by atoms with Gasteiger partial charge < -0.3 is 21.8 Å². The largest absolute Gasteiger partial charge is 2.00 e. The number of allylic oxidation sites excluding steroid dienone is 2. The van der Waals surface area contributed by atoms with Gasteiger partial charge in [0.1, 0.15) is 12.6 Å². The summed E-state index contributed by atoms with van der Waals surface area (Å²) in [6, 6.07) is 37.6. The van der Waals surface area contributed by atoms with E-state index in [2.05, 4.69) is 18.2 Å². The normalized spacial score (nSPS) is 8.45. The van der Waals surface area contributed by atoms with Crippen LogP contribution in [0.1, 0.15) is 39.7 Å². The average Bonchev–Trinajstić information content (AvgIpc) is 2.92. The molecule has 230 valence electrons. The molecule has 0 amide bonds. The Kier molecular flexibility index (Phi) is 40.8. The molecule has 2 nitrogen and oxygen atoms in total. The molecule has 2 radical (unpaired) electrons. The first-order valence-electron chi connectivity index (χ1n) is 12.1. The Balaban J connectivity index is -0.000000145. The van der Waals surface area contributed by atoms with E-state index in [9.17, 15) is 9.59 Å². The van der Waals surface area contributed by atoms with Crippen molar-refractivity contribution in [3.05, 3.63) is 153 Å². The standard InChI is InChI=1S/C11H13ClO.3C6H4Cl.C5H8O.BrH.Cu.Li.Mg/c1-11(2,7-8-13)9-3-5-10(12)6-4-9;3*7-6-4-2-1-3-5-6;1-5(2)3-4-6;;;;/h3-6,8H,7H2,1-2H3;3*2-5H;3-4H,1-2H3;1H;;;/q;3*-1;;;+2;;+2/p-1. The maximum atomic E-state index is 10.4. The Hall–Kier alpha value is -0.517. The number of rotatable bonds is 4. The predicted octanol–water partition coefficient (Wildman–Crippen LogP) is 7.02. The number of hydrogen-bond acceptors (Lipinski definition) is 2. The third kappa shape index (κ3) is 31.5. The van der Waals surface area contributed by atoms with Crippen LogP contribution in [-0.2, 0) is 32.1 Å². The molecule has 4 aromatic carbocycles. The predicted molar refractivity (Wildman–Crippen MR) is 183 cm³/mol. The summed E-state index contributed by atoms with van der Waals surface area (Å²) in [5.74, 6) is 0. The van der Waals surface area contributed by atoms with Crippen molar-refractivity contribution in [2.24, 2.45) is 0 Å². The molecule has 0 aliphatic carbocycles. The fourth-order valence-corrected chi connectivity index (χ4v) is 2.97. The molecule has 0 unspecified atom stereocenters. The molecule has 0 atom stereocenters. The Morgan fingerprint density at radius 1 is 0.659 bits per heavy atom. The van der Waals surface area contributed by atoms with Crippen molar-refractivity contribution >= 4 is 101 Å². The molecule has 10 heteroatoms. The van der Waals surface area contributed by atoms with Crippen molar-refractivity contribution in [1.29, 1.82) is 0 Å². The second-order valence-corrected chi connectivity index (χ2v) is 10.5. The van der Waals surface area contributed by atoms with Gasteiger partial charge in [-0.1, -0.05) is 58.2 Å². The van der Waals surface area contributed by atoms with Crippen LogP contribution in [0.15, 0.2) is 109 Å². The van der Waals surface area contributed by atoms with Gasteiger partial charge in [0.2, 0.25) is 0 Å². The number of aldehydes is 2. The van der Waals surface area contributed by atoms with Gasteiger partial charge in [0.05, 0.1) is 0 Å². The zero-order chi connectivity index (χ0) is 30.2. The first-order valence-corrected chi connectivity index (χ1v) is 13.7. The maximum absolute atomic E-state index is 10.4. The first kappa shape index (κ1) is 53.0. The summed E-state index contributed by atoms with van der Waals surface area (Å²) in [5.41, 5.74) is 2.10. The number of carbonyl (C=O) groups is 2. The van der Waals surface area contributed by atoms with Crippen LogP contribution in [0.25, 0.3) is 0 Å². The van der Waals surface area contributed by atoms with Crippen molar-refractivity contribution in [3.63, 3.8) is 0 Å². The molecule has 0 bridgehead atoms. The Bertz CT molecular complexity index is 1140. The van der Waals surface area contributed by atoms with Gasteiger partial charge in [-0.05, 0) is 43.0 Å². The monoisotopic (exact) mass is 786 g/mol. The van der Waals surface area contributed by atoms with Gasteiger partial charge in [0.15, 0.2) is 0 Å². The molecule has 0 aliphatic rings. The average molecular weight is 790 g/mol. The minimum absolute atomic E-state index is 0. The van der Waals surface area contributed by atoms with Gasteiger partial charge >= 0.3 is 40.1 Å². The molecule has 0 saturated heterocycles. The van der Waals surface area contributed by atoms with E-state index in [0.29, 0.717) is 6.42 Å². The zero-order valence-corrected chi connectivity index (χ0v) is 32.4. The van der Waals surface area contributed by atoms with Gasteiger partial charge in [0, 0.05) is 30.3 Å². The number of benzene rings is 4. The second kappa shape index (κ2) is 33.8. The molecule has 44 heavy (non-hydrogen) atoms. The SMILES string of the molecule is CC(C)(CC=O)c1ccc(Cl)cc1.CC(C)=CC=O.Clc1cc[c-]cc1.Clc1cc[c-]cc1.Clc1cc[c-]cc1.[Br-].[Cu+2].[Li].[Mg+2]. The summed E-state index contributed by atoms with van der Waals surface area (Å²) in [7, 11) is 0. The van der Waals surface area contributed by atoms with Crippen LogP contribution in [-0.4, -0.2) is 54.5 Å². The number of carbonyl (C=O) groups excluding carboxylic acids is 2. The van der Waals surface area contributed by atoms with E-state index in [1.54, 1.807) is 72.8 Å². The van der Waals surface area contributed by atoms with E-state index < -0.39 is 0 Å². The summed E-state index contributed by atoms with van der Waals surface area (Å²) in [5, 5.41) is 3.02. The van der Waals surface area contributed by atoms with E-state index in [0.717, 1.165) is 43.8 Å². The van der Waals surface area contributed by atoms with Crippen molar-refractivity contribution in [3.8, 4) is 0 Å². The van der Waals surface area contributed by atoms with Crippen LogP contribution in [0.4, 0.5) is 0 Å². The summed E-state index contributed by atoms with van der Waals surface area (Å²) >= 11 is 22.3. The summed E-state index contributed by atoms with van der Waals surface area (Å²) in [6.07, 6.45) is 3.80. The minimum atomic E-state index is -0.0909. The Morgan fingerprint density at radius 2 is 0.955 bits per heavy atom. The van der Waals surface area contributed by atoms with Gasteiger partial charge in [-0.2, -0.15) is 91.0 Å². The molecule has 4 aromatic rings. The molecule has 0 saturated carbocycles. The van der Waals surface area contributed by atoms with Crippen molar-refractivity contribution in [2.75, 3.05) is 0 Å². The van der Waals surface area contributed by atoms with E-state index >= 15 is 0 Å². The molecule has 0 N–H and O–H groups in total. The van der Waals surface area contributed by atoms with E-state index in [-0.39, 0.29) is 81.4 Å². The van der Waals surface area contributed by atoms with Crippen molar-refractivity contribution < 1.29 is 43.6 Å². The maximum Gasteiger partial charge on any atom is 2.00 e. The second-order valence-electron chi connectivity index (χ2n) is 8.80. The van der Waals surface area contributed by atoms with Crippen LogP contribution in [0, 0.1) is 18.2 Å². The van der Waals surface area contributed by atoms with Crippen LogP contribution in [0.2, 0.25) is 20.1 Å². The molecule has 0 heterocycles. The van der Waals surface area contributed by atoms with Gasteiger partial charge in [-0.25, -0.2) is 0 Å². The van der Waals surface area contributed by atoms with E-state index in [1.807, 2.05) is 52.0 Å². The van der Waals surface area contributed by atoms with E-state index in [4.69, 9.17) is 46.4 Å². The van der Waals surface area contributed by atoms with Crippen LogP contribution >= 0.6 is 46.4 Å². The van der Waals surface area contributed by atoms with Gasteiger partial charge in [-0.15, -0.1) is 34.8 Å². The molecule has 4 rings (SSSR count). The zero-order valence-electron chi connectivity index (χ0n) is 25.4. The number of hydrogen-bond donors (Lipinski definition) is 0. The van der Waals surface area contributed by atoms with Crippen molar-refractivity contribution in [2.45, 2.75) is 39.5 Å². The fourth-order valence-electron chi connectivity index (χ4n) is 2.46. The topological polar surface area (TPSA) is 34.1 Å². The molecule has 0 spiro atoms. The van der Waals surface area contributed by atoms with Crippen LogP contribution in [0.3, 0.4) is 0 Å². The summed E-state index contributed by atoms with van der Waals surface area (Å²) in [6.45, 7) is 7.86. The third-order valence-electron chi connectivity index (χ3n) is 4.65. The van der Waals surface area contributed by atoms with E-state index in [1.165, 1.54) is 6.08 Å². The minimum Gasteiger partial charge on any atom is -1.00 e. The fraction of sp³-hybridized carbons (Fsp3) is 0.176. The summed E-state index contributed by atoms with van der Waals surface area (Å²) in [4.78, 5) is 20.0. The molecular weight excluding hydrogens is 757 g/mol. The Labute approximate surface area is 333 Å². The molecule has 0 aromatic heterocycles.